The average Bonchev–Trinajstić information content (AvgIpc) is 3.04. The summed E-state index contributed by atoms with van der Waals surface area (Å²) in [7, 11) is 0. The molecule has 2 rings (SSSR count). The summed E-state index contributed by atoms with van der Waals surface area (Å²) >= 11 is 1.38. The molecule has 0 bridgehead atoms. The molecular formula is C25H44N2O4S. The fraction of sp³-hybridized carbons (Fsp3) is 0.880. The standard InChI is InChI=1S/C25H44N2O4S/c1-3-4-5-6-7-8-9-10-15-26-23(29)18-32-22-16-24(30)27(25(22)31)17-20-11-13-21(14-12-20)19(2)28/h20-22,25,31H,3-18H2,1-2H3,(H,26,29). The molecule has 2 N–H and O–H groups in total. The van der Waals surface area contributed by atoms with Gasteiger partial charge in [-0.1, -0.05) is 51.9 Å². The molecule has 2 unspecified atom stereocenters. The number of aliphatic hydroxyl groups excluding tert-OH is 1. The molecule has 0 aromatic rings. The predicted molar refractivity (Wildman–Crippen MR) is 130 cm³/mol. The summed E-state index contributed by atoms with van der Waals surface area (Å²) in [6.07, 6.45) is 13.0. The van der Waals surface area contributed by atoms with Crippen LogP contribution in [0.4, 0.5) is 0 Å². The van der Waals surface area contributed by atoms with Crippen LogP contribution >= 0.6 is 11.8 Å². The summed E-state index contributed by atoms with van der Waals surface area (Å²) in [5, 5.41) is 13.4. The van der Waals surface area contributed by atoms with Crippen molar-refractivity contribution in [2.45, 2.75) is 109 Å². The Kier molecular flexibility index (Phi) is 12.7. The van der Waals surface area contributed by atoms with Crippen LogP contribution in [0.1, 0.15) is 97.3 Å². The molecule has 1 saturated heterocycles. The molecule has 0 spiro atoms. The normalized spacial score (nSPS) is 25.8. The third kappa shape index (κ3) is 9.42. The second kappa shape index (κ2) is 14.9. The van der Waals surface area contributed by atoms with Gasteiger partial charge in [-0.25, -0.2) is 0 Å². The van der Waals surface area contributed by atoms with Crippen LogP contribution in [0.2, 0.25) is 0 Å². The molecule has 0 aromatic carbocycles. The molecule has 0 aromatic heterocycles. The molecule has 32 heavy (non-hydrogen) atoms. The molecule has 1 heterocycles. The van der Waals surface area contributed by atoms with Crippen LogP contribution in [0.15, 0.2) is 0 Å². The highest BCUT2D eigenvalue weighted by atomic mass is 32.2. The summed E-state index contributed by atoms with van der Waals surface area (Å²) in [6, 6.07) is 0. The Labute approximate surface area is 198 Å². The molecule has 1 aliphatic carbocycles. The monoisotopic (exact) mass is 468 g/mol. The van der Waals surface area contributed by atoms with Crippen molar-refractivity contribution in [1.29, 1.82) is 0 Å². The number of hydrogen-bond donors (Lipinski definition) is 2. The maximum Gasteiger partial charge on any atom is 0.230 e. The molecule has 2 amide bonds. The lowest BCUT2D eigenvalue weighted by Gasteiger charge is -2.32. The van der Waals surface area contributed by atoms with Gasteiger partial charge in [-0.15, -0.1) is 11.8 Å². The number of rotatable bonds is 15. The zero-order chi connectivity index (χ0) is 23.3. The van der Waals surface area contributed by atoms with E-state index >= 15 is 0 Å². The van der Waals surface area contributed by atoms with Crippen molar-refractivity contribution in [3.05, 3.63) is 0 Å². The molecule has 2 aliphatic rings. The number of aliphatic hydroxyl groups is 1. The Morgan fingerprint density at radius 3 is 2.28 bits per heavy atom. The highest BCUT2D eigenvalue weighted by Gasteiger charge is 2.40. The molecular weight excluding hydrogens is 424 g/mol. The van der Waals surface area contributed by atoms with E-state index in [0.717, 1.165) is 38.5 Å². The van der Waals surface area contributed by atoms with Crippen molar-refractivity contribution in [3.63, 3.8) is 0 Å². The Morgan fingerprint density at radius 2 is 1.66 bits per heavy atom. The van der Waals surface area contributed by atoms with E-state index in [1.54, 1.807) is 11.8 Å². The molecule has 2 fully saturated rings. The average molecular weight is 469 g/mol. The number of carbonyl (C=O) groups excluding carboxylic acids is 3. The van der Waals surface area contributed by atoms with Crippen molar-refractivity contribution in [3.8, 4) is 0 Å². The highest BCUT2D eigenvalue weighted by molar-refractivity contribution is 8.00. The van der Waals surface area contributed by atoms with Crippen LogP contribution in [0.25, 0.3) is 0 Å². The van der Waals surface area contributed by atoms with Gasteiger partial charge in [0.25, 0.3) is 0 Å². The van der Waals surface area contributed by atoms with Crippen LogP contribution in [-0.2, 0) is 14.4 Å². The van der Waals surface area contributed by atoms with Crippen LogP contribution in [0.5, 0.6) is 0 Å². The number of hydrogen-bond acceptors (Lipinski definition) is 5. The fourth-order valence-corrected chi connectivity index (χ4v) is 5.89. The third-order valence-corrected chi connectivity index (χ3v) is 8.27. The highest BCUT2D eigenvalue weighted by Crippen LogP contribution is 2.34. The van der Waals surface area contributed by atoms with E-state index < -0.39 is 6.23 Å². The quantitative estimate of drug-likeness (QED) is 0.350. The van der Waals surface area contributed by atoms with Gasteiger partial charge in [-0.05, 0) is 44.9 Å². The number of unbranched alkanes of at least 4 members (excludes halogenated alkanes) is 7. The number of likely N-dealkylation sites (tertiary alicyclic amines) is 1. The smallest absolute Gasteiger partial charge is 0.230 e. The summed E-state index contributed by atoms with van der Waals surface area (Å²) in [5.41, 5.74) is 0. The minimum Gasteiger partial charge on any atom is -0.372 e. The van der Waals surface area contributed by atoms with E-state index in [1.807, 2.05) is 0 Å². The van der Waals surface area contributed by atoms with Crippen molar-refractivity contribution >= 4 is 29.4 Å². The number of thioether (sulfide) groups is 1. The largest absolute Gasteiger partial charge is 0.372 e. The van der Waals surface area contributed by atoms with Gasteiger partial charge >= 0.3 is 0 Å². The summed E-state index contributed by atoms with van der Waals surface area (Å²) < 4.78 is 0. The molecule has 2 atom stereocenters. The zero-order valence-corrected chi connectivity index (χ0v) is 21.0. The van der Waals surface area contributed by atoms with E-state index in [-0.39, 0.29) is 34.5 Å². The molecule has 6 nitrogen and oxygen atoms in total. The Bertz CT molecular complexity index is 592. The SMILES string of the molecule is CCCCCCCCCCNC(=O)CSC1CC(=O)N(CC2CCC(C(C)=O)CC2)C1O. The van der Waals surface area contributed by atoms with E-state index in [1.165, 1.54) is 50.3 Å². The van der Waals surface area contributed by atoms with Gasteiger partial charge in [-0.3, -0.25) is 14.4 Å². The zero-order valence-electron chi connectivity index (χ0n) is 20.2. The minimum atomic E-state index is -0.821. The van der Waals surface area contributed by atoms with E-state index in [2.05, 4.69) is 12.2 Å². The molecule has 0 radical (unpaired) electrons. The Morgan fingerprint density at radius 1 is 1.03 bits per heavy atom. The van der Waals surface area contributed by atoms with Crippen LogP contribution in [0.3, 0.4) is 0 Å². The van der Waals surface area contributed by atoms with E-state index in [0.29, 0.717) is 25.4 Å². The first-order chi connectivity index (χ1) is 15.4. The number of carbonyl (C=O) groups is 3. The van der Waals surface area contributed by atoms with Crippen molar-refractivity contribution in [2.24, 2.45) is 11.8 Å². The van der Waals surface area contributed by atoms with Crippen LogP contribution < -0.4 is 5.32 Å². The lowest BCUT2D eigenvalue weighted by molar-refractivity contribution is -0.134. The van der Waals surface area contributed by atoms with Crippen molar-refractivity contribution < 1.29 is 19.5 Å². The van der Waals surface area contributed by atoms with Crippen LogP contribution in [0, 0.1) is 11.8 Å². The van der Waals surface area contributed by atoms with Gasteiger partial charge in [0.2, 0.25) is 11.8 Å². The summed E-state index contributed by atoms with van der Waals surface area (Å²) in [5.74, 6) is 1.02. The van der Waals surface area contributed by atoms with Gasteiger partial charge in [0.05, 0.1) is 11.0 Å². The second-order valence-electron chi connectivity index (χ2n) is 9.67. The third-order valence-electron chi connectivity index (χ3n) is 7.01. The maximum atomic E-state index is 12.4. The molecule has 184 valence electrons. The lowest BCUT2D eigenvalue weighted by atomic mass is 9.80. The molecule has 1 saturated carbocycles. The Balaban J connectivity index is 1.57. The fourth-order valence-electron chi connectivity index (χ4n) is 4.85. The second-order valence-corrected chi connectivity index (χ2v) is 10.9. The summed E-state index contributed by atoms with van der Waals surface area (Å²) in [6.45, 7) is 5.15. The lowest BCUT2D eigenvalue weighted by Crippen LogP contribution is -2.40. The van der Waals surface area contributed by atoms with E-state index in [9.17, 15) is 19.5 Å². The number of amides is 2. The van der Waals surface area contributed by atoms with E-state index in [4.69, 9.17) is 0 Å². The van der Waals surface area contributed by atoms with Crippen molar-refractivity contribution in [2.75, 3.05) is 18.8 Å². The number of ketones is 1. The number of nitrogens with zero attached hydrogens (tertiary/aromatic N) is 1. The summed E-state index contributed by atoms with van der Waals surface area (Å²) in [4.78, 5) is 37.7. The number of nitrogens with one attached hydrogen (secondary N) is 1. The van der Waals surface area contributed by atoms with Gasteiger partial charge in [0.1, 0.15) is 12.0 Å². The number of Topliss-reactive ketones (excluding diaryl/α,β-unsaturated/α-hetero) is 1. The van der Waals surface area contributed by atoms with Gasteiger partial charge < -0.3 is 15.3 Å². The van der Waals surface area contributed by atoms with Crippen LogP contribution in [-0.4, -0.2) is 57.9 Å². The first-order valence-electron chi connectivity index (χ1n) is 12.8. The molecule has 7 heteroatoms. The van der Waals surface area contributed by atoms with Crippen molar-refractivity contribution in [1.82, 2.24) is 10.2 Å². The topological polar surface area (TPSA) is 86.7 Å². The predicted octanol–water partition coefficient (Wildman–Crippen LogP) is 4.29. The van der Waals surface area contributed by atoms with Gasteiger partial charge in [-0.2, -0.15) is 0 Å². The Hall–Kier alpha value is -1.08. The van der Waals surface area contributed by atoms with Gasteiger partial charge in [0.15, 0.2) is 0 Å². The first-order valence-corrected chi connectivity index (χ1v) is 13.8. The molecule has 1 aliphatic heterocycles. The minimum absolute atomic E-state index is 0.0152. The first kappa shape index (κ1) is 27.2. The maximum absolute atomic E-state index is 12.4. The van der Waals surface area contributed by atoms with Gasteiger partial charge in [0, 0.05) is 25.4 Å².